The normalized spacial score (nSPS) is 17.6. The van der Waals surface area contributed by atoms with Gasteiger partial charge in [-0.1, -0.05) is 0 Å². The number of aryl methyl sites for hydroxylation is 1. The number of fused-ring (bicyclic) bond motifs is 1. The minimum absolute atomic E-state index is 0.183. The standard InChI is InChI=1S/C17H22N8O/c1-11-12(2)21-17-19-10-20-25(17)16(11)18-9-13-5-3-4-8-24(13)14-6-7-15(26)23-22-14/h6-7,10,13,18H,3-5,8-9H2,1-2H3,(H,23,26). The maximum atomic E-state index is 11.3. The molecule has 136 valence electrons. The fourth-order valence-corrected chi connectivity index (χ4v) is 3.47. The Hall–Kier alpha value is -2.97. The van der Waals surface area contributed by atoms with Crippen LogP contribution in [-0.2, 0) is 0 Å². The summed E-state index contributed by atoms with van der Waals surface area (Å²) in [7, 11) is 0. The van der Waals surface area contributed by atoms with Crippen molar-refractivity contribution in [2.24, 2.45) is 0 Å². The molecule has 9 nitrogen and oxygen atoms in total. The van der Waals surface area contributed by atoms with Gasteiger partial charge < -0.3 is 10.2 Å². The van der Waals surface area contributed by atoms with Crippen LogP contribution in [0.2, 0.25) is 0 Å². The highest BCUT2D eigenvalue weighted by Crippen LogP contribution is 2.24. The average molecular weight is 354 g/mol. The maximum absolute atomic E-state index is 11.3. The van der Waals surface area contributed by atoms with Crippen molar-refractivity contribution in [1.82, 2.24) is 29.8 Å². The van der Waals surface area contributed by atoms with Crippen LogP contribution < -0.4 is 15.8 Å². The fourth-order valence-electron chi connectivity index (χ4n) is 3.47. The van der Waals surface area contributed by atoms with Gasteiger partial charge in [-0.05, 0) is 39.2 Å². The fraction of sp³-hybridized carbons (Fsp3) is 0.471. The lowest BCUT2D eigenvalue weighted by Crippen LogP contribution is -2.44. The quantitative estimate of drug-likeness (QED) is 0.727. The number of aromatic amines is 1. The van der Waals surface area contributed by atoms with Gasteiger partial charge in [-0.2, -0.15) is 19.7 Å². The van der Waals surface area contributed by atoms with E-state index in [-0.39, 0.29) is 11.6 Å². The molecule has 9 heteroatoms. The molecule has 2 N–H and O–H groups in total. The Kier molecular flexibility index (Phi) is 4.27. The highest BCUT2D eigenvalue weighted by Gasteiger charge is 2.24. The van der Waals surface area contributed by atoms with Crippen molar-refractivity contribution in [2.75, 3.05) is 23.3 Å². The number of nitrogens with one attached hydrogen (secondary N) is 2. The molecule has 1 unspecified atom stereocenters. The van der Waals surface area contributed by atoms with Crippen molar-refractivity contribution >= 4 is 17.4 Å². The van der Waals surface area contributed by atoms with Gasteiger partial charge in [0.05, 0.1) is 0 Å². The van der Waals surface area contributed by atoms with Crippen molar-refractivity contribution in [3.63, 3.8) is 0 Å². The van der Waals surface area contributed by atoms with E-state index in [2.05, 4.69) is 35.5 Å². The summed E-state index contributed by atoms with van der Waals surface area (Å²) in [6, 6.07) is 3.60. The molecule has 3 aromatic heterocycles. The molecule has 1 aliphatic rings. The average Bonchev–Trinajstić information content (AvgIpc) is 3.11. The number of H-pyrrole nitrogens is 1. The van der Waals surface area contributed by atoms with Crippen LogP contribution >= 0.6 is 0 Å². The number of hydrogen-bond acceptors (Lipinski definition) is 7. The third-order valence-electron chi connectivity index (χ3n) is 5.00. The SMILES string of the molecule is Cc1nc2ncnn2c(NCC2CCCCN2c2ccc(=O)[nH]n2)c1C. The zero-order chi connectivity index (χ0) is 18.1. The van der Waals surface area contributed by atoms with E-state index in [0.29, 0.717) is 5.78 Å². The van der Waals surface area contributed by atoms with E-state index < -0.39 is 0 Å². The molecule has 0 aromatic carbocycles. The van der Waals surface area contributed by atoms with E-state index >= 15 is 0 Å². The van der Waals surface area contributed by atoms with Crippen molar-refractivity contribution in [3.8, 4) is 0 Å². The predicted octanol–water partition coefficient (Wildman–Crippen LogP) is 1.30. The third-order valence-corrected chi connectivity index (χ3v) is 5.00. The molecule has 4 heterocycles. The van der Waals surface area contributed by atoms with E-state index in [0.717, 1.165) is 48.8 Å². The summed E-state index contributed by atoms with van der Waals surface area (Å²) in [5.41, 5.74) is 1.82. The van der Waals surface area contributed by atoms with Gasteiger partial charge in [0.15, 0.2) is 0 Å². The van der Waals surface area contributed by atoms with Gasteiger partial charge in [-0.3, -0.25) is 4.79 Å². The summed E-state index contributed by atoms with van der Waals surface area (Å²) >= 11 is 0. The summed E-state index contributed by atoms with van der Waals surface area (Å²) < 4.78 is 1.74. The molecule has 1 aliphatic heterocycles. The highest BCUT2D eigenvalue weighted by molar-refractivity contribution is 5.52. The topological polar surface area (TPSA) is 104 Å². The molecule has 0 aliphatic carbocycles. The van der Waals surface area contributed by atoms with E-state index in [9.17, 15) is 4.79 Å². The van der Waals surface area contributed by atoms with Gasteiger partial charge in [-0.25, -0.2) is 10.1 Å². The first-order valence-corrected chi connectivity index (χ1v) is 8.86. The van der Waals surface area contributed by atoms with Crippen LogP contribution in [0.25, 0.3) is 5.78 Å². The van der Waals surface area contributed by atoms with Crippen LogP contribution in [0.3, 0.4) is 0 Å². The summed E-state index contributed by atoms with van der Waals surface area (Å²) in [6.45, 7) is 5.69. The largest absolute Gasteiger partial charge is 0.368 e. The summed E-state index contributed by atoms with van der Waals surface area (Å²) in [6.07, 6.45) is 4.89. The van der Waals surface area contributed by atoms with Gasteiger partial charge in [-0.15, -0.1) is 0 Å². The molecule has 1 atom stereocenters. The molecule has 0 spiro atoms. The van der Waals surface area contributed by atoms with Gasteiger partial charge in [0.25, 0.3) is 11.3 Å². The maximum Gasteiger partial charge on any atom is 0.264 e. The third kappa shape index (κ3) is 3.00. The van der Waals surface area contributed by atoms with E-state index in [4.69, 9.17) is 0 Å². The van der Waals surface area contributed by atoms with Crippen molar-refractivity contribution in [1.29, 1.82) is 0 Å². The van der Waals surface area contributed by atoms with Gasteiger partial charge >= 0.3 is 0 Å². The number of rotatable bonds is 4. The molecular formula is C17H22N8O. The Bertz CT molecular complexity index is 958. The van der Waals surface area contributed by atoms with E-state index in [1.54, 1.807) is 10.6 Å². The number of aromatic nitrogens is 6. The van der Waals surface area contributed by atoms with Crippen LogP contribution in [0.5, 0.6) is 0 Å². The molecule has 0 amide bonds. The van der Waals surface area contributed by atoms with Crippen LogP contribution in [0, 0.1) is 13.8 Å². The Morgan fingerprint density at radius 3 is 3.00 bits per heavy atom. The molecular weight excluding hydrogens is 332 g/mol. The Balaban J connectivity index is 1.58. The number of hydrogen-bond donors (Lipinski definition) is 2. The summed E-state index contributed by atoms with van der Waals surface area (Å²) in [5, 5.41) is 14.6. The smallest absolute Gasteiger partial charge is 0.264 e. The zero-order valence-electron chi connectivity index (χ0n) is 14.9. The van der Waals surface area contributed by atoms with Crippen LogP contribution in [-0.4, -0.2) is 48.9 Å². The highest BCUT2D eigenvalue weighted by atomic mass is 16.1. The van der Waals surface area contributed by atoms with Crippen molar-refractivity contribution < 1.29 is 0 Å². The number of piperidine rings is 1. The molecule has 0 saturated carbocycles. The molecule has 1 saturated heterocycles. The lowest BCUT2D eigenvalue weighted by molar-refractivity contribution is 0.467. The minimum atomic E-state index is -0.183. The number of nitrogens with zero attached hydrogens (tertiary/aromatic N) is 6. The molecule has 3 aromatic rings. The lowest BCUT2D eigenvalue weighted by atomic mass is 10.0. The van der Waals surface area contributed by atoms with Gasteiger partial charge in [0.2, 0.25) is 0 Å². The second-order valence-electron chi connectivity index (χ2n) is 6.65. The van der Waals surface area contributed by atoms with Crippen molar-refractivity contribution in [3.05, 3.63) is 40.1 Å². The van der Waals surface area contributed by atoms with Crippen LogP contribution in [0.15, 0.2) is 23.3 Å². The lowest BCUT2D eigenvalue weighted by Gasteiger charge is -2.36. The molecule has 4 rings (SSSR count). The van der Waals surface area contributed by atoms with Gasteiger partial charge in [0.1, 0.15) is 18.0 Å². The van der Waals surface area contributed by atoms with E-state index in [1.807, 2.05) is 13.8 Å². The van der Waals surface area contributed by atoms with Crippen molar-refractivity contribution in [2.45, 2.75) is 39.2 Å². The van der Waals surface area contributed by atoms with Crippen LogP contribution in [0.4, 0.5) is 11.6 Å². The Morgan fingerprint density at radius 1 is 1.31 bits per heavy atom. The predicted molar refractivity (Wildman–Crippen MR) is 98.6 cm³/mol. The Morgan fingerprint density at radius 2 is 2.19 bits per heavy atom. The minimum Gasteiger partial charge on any atom is -0.368 e. The first-order chi connectivity index (χ1) is 12.6. The molecule has 0 radical (unpaired) electrons. The summed E-state index contributed by atoms with van der Waals surface area (Å²) in [4.78, 5) is 22.2. The summed E-state index contributed by atoms with van der Waals surface area (Å²) in [5.74, 6) is 2.33. The zero-order valence-corrected chi connectivity index (χ0v) is 14.9. The number of anilines is 2. The molecule has 0 bridgehead atoms. The monoisotopic (exact) mass is 354 g/mol. The first-order valence-electron chi connectivity index (χ1n) is 8.86. The van der Waals surface area contributed by atoms with Gasteiger partial charge in [0, 0.05) is 36.5 Å². The molecule has 1 fully saturated rings. The van der Waals surface area contributed by atoms with E-state index in [1.165, 1.54) is 18.8 Å². The second-order valence-corrected chi connectivity index (χ2v) is 6.65. The van der Waals surface area contributed by atoms with Crippen LogP contribution in [0.1, 0.15) is 30.5 Å². The molecule has 26 heavy (non-hydrogen) atoms. The second kappa shape index (κ2) is 6.74. The Labute approximate surface area is 150 Å². The first kappa shape index (κ1) is 16.5.